The highest BCUT2D eigenvalue weighted by Crippen LogP contribution is 2.17. The van der Waals surface area contributed by atoms with Crippen molar-refractivity contribution in [3.8, 4) is 5.88 Å². The number of amides is 1. The molecule has 0 aliphatic carbocycles. The summed E-state index contributed by atoms with van der Waals surface area (Å²) >= 11 is 0. The Balaban J connectivity index is 1.92. The van der Waals surface area contributed by atoms with Crippen LogP contribution in [0, 0.1) is 6.92 Å². The molecule has 0 spiro atoms. The minimum Gasteiger partial charge on any atom is -0.468 e. The first kappa shape index (κ1) is 17.5. The number of pyridine rings is 2. The zero-order valence-electron chi connectivity index (χ0n) is 12.6. The summed E-state index contributed by atoms with van der Waals surface area (Å²) in [5.74, 6) is -0.731. The molecule has 9 heteroatoms. The van der Waals surface area contributed by atoms with Crippen molar-refractivity contribution in [3.05, 3.63) is 57.6 Å². The van der Waals surface area contributed by atoms with Gasteiger partial charge in [0.2, 0.25) is 5.88 Å². The summed E-state index contributed by atoms with van der Waals surface area (Å²) in [7, 11) is 0. The third kappa shape index (κ3) is 5.11. The average Bonchev–Trinajstić information content (AvgIpc) is 2.51. The second kappa shape index (κ2) is 7.16. The molecule has 2 aromatic heterocycles. The van der Waals surface area contributed by atoms with Crippen LogP contribution in [0.4, 0.5) is 13.2 Å². The number of aromatic nitrogens is 2. The van der Waals surface area contributed by atoms with E-state index in [4.69, 9.17) is 0 Å². The highest BCUT2D eigenvalue weighted by Gasteiger charge is 2.28. The van der Waals surface area contributed by atoms with Crippen LogP contribution in [0.25, 0.3) is 0 Å². The molecule has 6 nitrogen and oxygen atoms in total. The van der Waals surface area contributed by atoms with Gasteiger partial charge in [0.15, 0.2) is 6.61 Å². The van der Waals surface area contributed by atoms with Gasteiger partial charge in [-0.2, -0.15) is 13.2 Å². The third-order valence-corrected chi connectivity index (χ3v) is 2.93. The summed E-state index contributed by atoms with van der Waals surface area (Å²) in [5, 5.41) is 2.53. The van der Waals surface area contributed by atoms with Gasteiger partial charge >= 0.3 is 6.18 Å². The number of hydrogen-bond acceptors (Lipinski definition) is 4. The number of nitrogens with zero attached hydrogens (tertiary/aromatic N) is 1. The molecule has 0 aliphatic heterocycles. The van der Waals surface area contributed by atoms with E-state index in [1.165, 1.54) is 24.4 Å². The molecule has 128 valence electrons. The molecule has 2 rings (SSSR count). The number of alkyl halides is 3. The van der Waals surface area contributed by atoms with E-state index >= 15 is 0 Å². The Kier molecular flexibility index (Phi) is 5.22. The lowest BCUT2D eigenvalue weighted by Gasteiger charge is -2.09. The fourth-order valence-corrected chi connectivity index (χ4v) is 1.79. The monoisotopic (exact) mass is 341 g/mol. The lowest BCUT2D eigenvalue weighted by atomic mass is 10.2. The molecule has 0 aromatic carbocycles. The van der Waals surface area contributed by atoms with Gasteiger partial charge in [0.05, 0.1) is 0 Å². The second-order valence-electron chi connectivity index (χ2n) is 4.98. The molecule has 0 aliphatic rings. The third-order valence-electron chi connectivity index (χ3n) is 2.93. The molecular formula is C15H14F3N3O3. The number of ether oxygens (including phenoxy) is 1. The van der Waals surface area contributed by atoms with Gasteiger partial charge in [-0.15, -0.1) is 0 Å². The topological polar surface area (TPSA) is 84.1 Å². The number of rotatable bonds is 5. The van der Waals surface area contributed by atoms with Crippen LogP contribution < -0.4 is 15.6 Å². The fourth-order valence-electron chi connectivity index (χ4n) is 1.79. The summed E-state index contributed by atoms with van der Waals surface area (Å²) in [6.45, 7) is 0.335. The molecule has 2 heterocycles. The lowest BCUT2D eigenvalue weighted by molar-refractivity contribution is -0.154. The molecule has 0 unspecified atom stereocenters. The van der Waals surface area contributed by atoms with Gasteiger partial charge < -0.3 is 15.0 Å². The van der Waals surface area contributed by atoms with Gasteiger partial charge in [-0.05, 0) is 24.6 Å². The van der Waals surface area contributed by atoms with Crippen LogP contribution >= 0.6 is 0 Å². The quantitative estimate of drug-likeness (QED) is 0.871. The van der Waals surface area contributed by atoms with Gasteiger partial charge in [-0.3, -0.25) is 9.59 Å². The molecule has 0 saturated heterocycles. The van der Waals surface area contributed by atoms with Crippen molar-refractivity contribution >= 4 is 5.91 Å². The second-order valence-corrected chi connectivity index (χ2v) is 4.98. The maximum atomic E-state index is 12.0. The van der Waals surface area contributed by atoms with Gasteiger partial charge in [0.25, 0.3) is 11.5 Å². The van der Waals surface area contributed by atoms with Crippen LogP contribution in [0.5, 0.6) is 5.88 Å². The number of aromatic amines is 1. The summed E-state index contributed by atoms with van der Waals surface area (Å²) in [6.07, 6.45) is -3.15. The number of nitrogens with one attached hydrogen (secondary N) is 2. The molecule has 0 atom stereocenters. The lowest BCUT2D eigenvalue weighted by Crippen LogP contribution is -2.29. The average molecular weight is 341 g/mol. The van der Waals surface area contributed by atoms with Crippen molar-refractivity contribution in [3.63, 3.8) is 0 Å². The largest absolute Gasteiger partial charge is 0.468 e. The summed E-state index contributed by atoms with van der Waals surface area (Å²) in [6, 6.07) is 5.75. The molecule has 1 amide bonds. The van der Waals surface area contributed by atoms with Crippen LogP contribution in [0.3, 0.4) is 0 Å². The van der Waals surface area contributed by atoms with Crippen LogP contribution in [0.15, 0.2) is 35.3 Å². The maximum Gasteiger partial charge on any atom is 0.422 e. The molecule has 2 N–H and O–H groups in total. The first-order chi connectivity index (χ1) is 11.2. The highest BCUT2D eigenvalue weighted by molar-refractivity contribution is 5.93. The van der Waals surface area contributed by atoms with Crippen molar-refractivity contribution < 1.29 is 22.7 Å². The summed E-state index contributed by atoms with van der Waals surface area (Å²) in [4.78, 5) is 29.8. The molecule has 2 aromatic rings. The number of carbonyl (C=O) groups is 1. The molecular weight excluding hydrogens is 327 g/mol. The molecule has 0 radical (unpaired) electrons. The van der Waals surface area contributed by atoms with Crippen molar-refractivity contribution in [1.29, 1.82) is 0 Å². The first-order valence-electron chi connectivity index (χ1n) is 6.87. The normalized spacial score (nSPS) is 11.2. The highest BCUT2D eigenvalue weighted by atomic mass is 19.4. The van der Waals surface area contributed by atoms with Crippen molar-refractivity contribution in [2.75, 3.05) is 6.61 Å². The number of hydrogen-bond donors (Lipinski definition) is 2. The van der Waals surface area contributed by atoms with Gasteiger partial charge in [0.1, 0.15) is 5.56 Å². The predicted octanol–water partition coefficient (Wildman–Crippen LogP) is 1.95. The van der Waals surface area contributed by atoms with E-state index in [1.807, 2.05) is 0 Å². The van der Waals surface area contributed by atoms with E-state index in [-0.39, 0.29) is 18.0 Å². The van der Waals surface area contributed by atoms with Gasteiger partial charge in [0, 0.05) is 24.5 Å². The Labute approximate surface area is 134 Å². The zero-order chi connectivity index (χ0) is 17.7. The van der Waals surface area contributed by atoms with E-state index in [1.54, 1.807) is 13.0 Å². The minimum atomic E-state index is -4.44. The summed E-state index contributed by atoms with van der Waals surface area (Å²) in [5.41, 5.74) is 0.654. The van der Waals surface area contributed by atoms with Crippen LogP contribution in [0.1, 0.15) is 21.6 Å². The molecule has 0 bridgehead atoms. The van der Waals surface area contributed by atoms with E-state index < -0.39 is 24.2 Å². The van der Waals surface area contributed by atoms with E-state index in [9.17, 15) is 22.8 Å². The van der Waals surface area contributed by atoms with E-state index in [0.29, 0.717) is 11.3 Å². The van der Waals surface area contributed by atoms with E-state index in [0.717, 1.165) is 0 Å². The number of halogens is 3. The van der Waals surface area contributed by atoms with Gasteiger partial charge in [-0.1, -0.05) is 6.07 Å². The molecule has 0 saturated carbocycles. The Hall–Kier alpha value is -2.84. The van der Waals surface area contributed by atoms with Gasteiger partial charge in [-0.25, -0.2) is 4.98 Å². The smallest absolute Gasteiger partial charge is 0.422 e. The van der Waals surface area contributed by atoms with Crippen LogP contribution in [0.2, 0.25) is 0 Å². The summed E-state index contributed by atoms with van der Waals surface area (Å²) < 4.78 is 40.5. The van der Waals surface area contributed by atoms with Crippen LogP contribution in [-0.4, -0.2) is 28.7 Å². The molecule has 24 heavy (non-hydrogen) atoms. The number of aryl methyl sites for hydroxylation is 1. The minimum absolute atomic E-state index is 0.0290. The predicted molar refractivity (Wildman–Crippen MR) is 78.8 cm³/mol. The Bertz CT molecular complexity index is 770. The standard InChI is InChI=1S/C15H14F3N3O3/c1-9-2-4-11(14(23)21-9)13(22)20-7-10-3-5-12(19-6-10)24-8-15(16,17)18/h2-6H,7-8H2,1H3,(H,20,22)(H,21,23). The van der Waals surface area contributed by atoms with E-state index in [2.05, 4.69) is 20.0 Å². The Morgan fingerprint density at radius 3 is 2.62 bits per heavy atom. The SMILES string of the molecule is Cc1ccc(C(=O)NCc2ccc(OCC(F)(F)F)nc2)c(=O)[nH]1. The van der Waals surface area contributed by atoms with Crippen LogP contribution in [-0.2, 0) is 6.54 Å². The first-order valence-corrected chi connectivity index (χ1v) is 6.87. The van der Waals surface area contributed by atoms with Crippen molar-refractivity contribution in [2.45, 2.75) is 19.6 Å². The number of carbonyl (C=O) groups excluding carboxylic acids is 1. The Morgan fingerprint density at radius 1 is 1.29 bits per heavy atom. The Morgan fingerprint density at radius 2 is 2.04 bits per heavy atom. The van der Waals surface area contributed by atoms with Crippen molar-refractivity contribution in [1.82, 2.24) is 15.3 Å². The maximum absolute atomic E-state index is 12.0. The molecule has 0 fully saturated rings. The zero-order valence-corrected chi connectivity index (χ0v) is 12.6. The number of H-pyrrole nitrogens is 1. The fraction of sp³-hybridized carbons (Fsp3) is 0.267. The van der Waals surface area contributed by atoms with Crippen molar-refractivity contribution in [2.24, 2.45) is 0 Å².